The van der Waals surface area contributed by atoms with Gasteiger partial charge in [-0.05, 0) is 67.4 Å². The van der Waals surface area contributed by atoms with Gasteiger partial charge in [0.2, 0.25) is 0 Å². The van der Waals surface area contributed by atoms with Crippen LogP contribution in [0.25, 0.3) is 10.8 Å². The maximum absolute atomic E-state index is 12.6. The molecule has 0 unspecified atom stereocenters. The van der Waals surface area contributed by atoms with Crippen molar-refractivity contribution < 1.29 is 13.9 Å². The molecule has 0 saturated carbocycles. The first kappa shape index (κ1) is 18.7. The topological polar surface area (TPSA) is 64.4 Å². The summed E-state index contributed by atoms with van der Waals surface area (Å²) in [5.74, 6) is 1.27. The standard InChI is InChI=1S/C24H22N2O3/c1-15-12-16(2)25-17(3)23(15)26-24(27)22-11-10-21(29-22)14-28-20-9-8-18-6-4-5-7-19(18)13-20/h4-13H,14H2,1-3H3,(H,26,27). The van der Waals surface area contributed by atoms with Gasteiger partial charge in [0.05, 0.1) is 11.4 Å². The van der Waals surface area contributed by atoms with Crippen LogP contribution in [0.3, 0.4) is 0 Å². The monoisotopic (exact) mass is 386 g/mol. The van der Waals surface area contributed by atoms with E-state index in [1.165, 1.54) is 0 Å². The number of furan rings is 1. The van der Waals surface area contributed by atoms with E-state index in [1.54, 1.807) is 12.1 Å². The van der Waals surface area contributed by atoms with Gasteiger partial charge in [0.1, 0.15) is 18.1 Å². The van der Waals surface area contributed by atoms with Crippen LogP contribution in [0.4, 0.5) is 5.69 Å². The Labute approximate surface area is 169 Å². The molecule has 0 saturated heterocycles. The van der Waals surface area contributed by atoms with Gasteiger partial charge in [0.25, 0.3) is 5.91 Å². The highest BCUT2D eigenvalue weighted by atomic mass is 16.5. The Hall–Kier alpha value is -3.60. The van der Waals surface area contributed by atoms with Crippen LogP contribution < -0.4 is 10.1 Å². The number of ether oxygens (including phenoxy) is 1. The van der Waals surface area contributed by atoms with Crippen molar-refractivity contribution in [2.45, 2.75) is 27.4 Å². The van der Waals surface area contributed by atoms with Crippen LogP contribution in [-0.2, 0) is 6.61 Å². The number of anilines is 1. The molecule has 0 fully saturated rings. The van der Waals surface area contributed by atoms with Gasteiger partial charge in [0, 0.05) is 5.69 Å². The fourth-order valence-corrected chi connectivity index (χ4v) is 3.38. The number of amides is 1. The summed E-state index contributed by atoms with van der Waals surface area (Å²) in [6.45, 7) is 6.00. The molecule has 5 heteroatoms. The zero-order valence-electron chi connectivity index (χ0n) is 16.7. The number of nitrogens with zero attached hydrogens (tertiary/aromatic N) is 1. The van der Waals surface area contributed by atoms with E-state index in [-0.39, 0.29) is 18.3 Å². The van der Waals surface area contributed by atoms with E-state index in [1.807, 2.05) is 63.2 Å². The van der Waals surface area contributed by atoms with Crippen LogP contribution in [-0.4, -0.2) is 10.9 Å². The summed E-state index contributed by atoms with van der Waals surface area (Å²) >= 11 is 0. The highest BCUT2D eigenvalue weighted by Crippen LogP contribution is 2.23. The third-order valence-corrected chi connectivity index (χ3v) is 4.75. The molecule has 29 heavy (non-hydrogen) atoms. The number of pyridine rings is 1. The smallest absolute Gasteiger partial charge is 0.291 e. The van der Waals surface area contributed by atoms with Crippen molar-refractivity contribution in [1.82, 2.24) is 4.98 Å². The zero-order valence-corrected chi connectivity index (χ0v) is 16.7. The van der Waals surface area contributed by atoms with E-state index in [2.05, 4.69) is 16.4 Å². The van der Waals surface area contributed by atoms with Crippen LogP contribution in [0.1, 0.15) is 33.3 Å². The summed E-state index contributed by atoms with van der Waals surface area (Å²) in [4.78, 5) is 17.0. The van der Waals surface area contributed by atoms with E-state index in [0.717, 1.165) is 33.5 Å². The third-order valence-electron chi connectivity index (χ3n) is 4.75. The van der Waals surface area contributed by atoms with Crippen molar-refractivity contribution in [3.8, 4) is 5.75 Å². The number of fused-ring (bicyclic) bond motifs is 1. The first-order chi connectivity index (χ1) is 14.0. The average molecular weight is 386 g/mol. The summed E-state index contributed by atoms with van der Waals surface area (Å²) in [5.41, 5.74) is 3.38. The second-order valence-electron chi connectivity index (χ2n) is 7.06. The molecule has 1 amide bonds. The van der Waals surface area contributed by atoms with Crippen LogP contribution in [0.15, 0.2) is 65.1 Å². The fourth-order valence-electron chi connectivity index (χ4n) is 3.38. The lowest BCUT2D eigenvalue weighted by atomic mass is 10.1. The predicted octanol–water partition coefficient (Wildman–Crippen LogP) is 5.58. The molecule has 5 nitrogen and oxygen atoms in total. The minimum Gasteiger partial charge on any atom is -0.486 e. The lowest BCUT2D eigenvalue weighted by Crippen LogP contribution is -2.14. The number of benzene rings is 2. The number of carbonyl (C=O) groups excluding carboxylic acids is 1. The van der Waals surface area contributed by atoms with Crippen molar-refractivity contribution >= 4 is 22.4 Å². The number of aryl methyl sites for hydroxylation is 3. The molecular weight excluding hydrogens is 364 g/mol. The Morgan fingerprint density at radius 1 is 1.00 bits per heavy atom. The molecule has 0 bridgehead atoms. The van der Waals surface area contributed by atoms with Gasteiger partial charge in [-0.2, -0.15) is 0 Å². The van der Waals surface area contributed by atoms with E-state index in [4.69, 9.17) is 9.15 Å². The minimum absolute atomic E-state index is 0.237. The van der Waals surface area contributed by atoms with E-state index in [0.29, 0.717) is 11.4 Å². The van der Waals surface area contributed by atoms with Crippen LogP contribution in [0, 0.1) is 20.8 Å². The quantitative estimate of drug-likeness (QED) is 0.486. The van der Waals surface area contributed by atoms with E-state index < -0.39 is 0 Å². The fraction of sp³-hybridized carbons (Fsp3) is 0.167. The SMILES string of the molecule is Cc1cc(C)c(NC(=O)c2ccc(COc3ccc4ccccc4c3)o2)c(C)n1. The van der Waals surface area contributed by atoms with Gasteiger partial charge >= 0.3 is 0 Å². The molecule has 2 aromatic carbocycles. The van der Waals surface area contributed by atoms with Crippen LogP contribution >= 0.6 is 0 Å². The number of nitrogens with one attached hydrogen (secondary N) is 1. The van der Waals surface area contributed by atoms with Crippen molar-refractivity contribution in [2.75, 3.05) is 5.32 Å². The van der Waals surface area contributed by atoms with Crippen molar-refractivity contribution in [1.29, 1.82) is 0 Å². The molecule has 2 aromatic heterocycles. The lowest BCUT2D eigenvalue weighted by Gasteiger charge is -2.11. The molecule has 4 rings (SSSR count). The van der Waals surface area contributed by atoms with Gasteiger partial charge in [-0.3, -0.25) is 9.78 Å². The molecule has 4 aromatic rings. The Morgan fingerprint density at radius 3 is 2.59 bits per heavy atom. The number of hydrogen-bond acceptors (Lipinski definition) is 4. The Bertz CT molecular complexity index is 1170. The number of rotatable bonds is 5. The van der Waals surface area contributed by atoms with Gasteiger partial charge < -0.3 is 14.5 Å². The number of carbonyl (C=O) groups is 1. The zero-order chi connectivity index (χ0) is 20.4. The molecule has 0 aliphatic carbocycles. The molecule has 0 radical (unpaired) electrons. The van der Waals surface area contributed by atoms with Crippen LogP contribution in [0.5, 0.6) is 5.75 Å². The van der Waals surface area contributed by atoms with E-state index >= 15 is 0 Å². The summed E-state index contributed by atoms with van der Waals surface area (Å²) in [5, 5.41) is 5.17. The highest BCUT2D eigenvalue weighted by Gasteiger charge is 2.15. The summed E-state index contributed by atoms with van der Waals surface area (Å²) in [7, 11) is 0. The first-order valence-corrected chi connectivity index (χ1v) is 9.46. The summed E-state index contributed by atoms with van der Waals surface area (Å²) in [6.07, 6.45) is 0. The molecule has 2 heterocycles. The third kappa shape index (κ3) is 4.14. The summed E-state index contributed by atoms with van der Waals surface area (Å²) < 4.78 is 11.5. The minimum atomic E-state index is -0.307. The summed E-state index contributed by atoms with van der Waals surface area (Å²) in [6, 6.07) is 19.4. The van der Waals surface area contributed by atoms with Gasteiger partial charge in [-0.15, -0.1) is 0 Å². The molecule has 1 N–H and O–H groups in total. The van der Waals surface area contributed by atoms with Crippen molar-refractivity contribution in [2.24, 2.45) is 0 Å². The lowest BCUT2D eigenvalue weighted by molar-refractivity contribution is 0.0992. The van der Waals surface area contributed by atoms with Crippen LogP contribution in [0.2, 0.25) is 0 Å². The molecule has 0 aliphatic rings. The Morgan fingerprint density at radius 2 is 1.79 bits per heavy atom. The molecule has 0 atom stereocenters. The maximum atomic E-state index is 12.6. The molecular formula is C24H22N2O3. The molecule has 0 aliphatic heterocycles. The largest absolute Gasteiger partial charge is 0.486 e. The van der Waals surface area contributed by atoms with Gasteiger partial charge in [0.15, 0.2) is 5.76 Å². The number of hydrogen-bond donors (Lipinski definition) is 1. The van der Waals surface area contributed by atoms with Gasteiger partial charge in [-0.1, -0.05) is 30.3 Å². The molecule has 146 valence electrons. The normalized spacial score (nSPS) is 10.9. The molecule has 0 spiro atoms. The predicted molar refractivity (Wildman–Crippen MR) is 113 cm³/mol. The van der Waals surface area contributed by atoms with Gasteiger partial charge in [-0.25, -0.2) is 0 Å². The maximum Gasteiger partial charge on any atom is 0.291 e. The Balaban J connectivity index is 1.43. The average Bonchev–Trinajstić information content (AvgIpc) is 3.18. The van der Waals surface area contributed by atoms with Crippen molar-refractivity contribution in [3.63, 3.8) is 0 Å². The first-order valence-electron chi connectivity index (χ1n) is 9.46. The highest BCUT2D eigenvalue weighted by molar-refractivity contribution is 6.03. The van der Waals surface area contributed by atoms with Crippen molar-refractivity contribution in [3.05, 3.63) is 89.1 Å². The Kier molecular flexibility index (Phi) is 5.04. The second-order valence-corrected chi connectivity index (χ2v) is 7.06. The van der Waals surface area contributed by atoms with E-state index in [9.17, 15) is 4.79 Å². The number of aromatic nitrogens is 1. The second kappa shape index (κ2) is 7.80.